The van der Waals surface area contributed by atoms with E-state index in [1.165, 1.54) is 12.5 Å². The summed E-state index contributed by atoms with van der Waals surface area (Å²) < 4.78 is 13.5. The molecule has 0 spiro atoms. The number of hydrogen-bond donors (Lipinski definition) is 3. The van der Waals surface area contributed by atoms with E-state index in [-0.39, 0.29) is 10.2 Å². The Morgan fingerprint density at radius 2 is 2.05 bits per heavy atom. The molecular formula is C9H5FN6O2S. The highest BCUT2D eigenvalue weighted by Gasteiger charge is 2.13. The van der Waals surface area contributed by atoms with Crippen LogP contribution in [0.3, 0.4) is 0 Å². The normalized spacial score (nSPS) is 11.0. The molecule has 8 nitrogen and oxygen atoms in total. The van der Waals surface area contributed by atoms with E-state index in [1.807, 2.05) is 0 Å². The van der Waals surface area contributed by atoms with Crippen molar-refractivity contribution in [2.45, 2.75) is 10.2 Å². The standard InChI is InChI=1S/C9H5FN6O2S/c10-4-6(17)15-8(18)16-7(4)19-9-13-3-1-11-2-12-5(3)14-9/h1-2H,(H,11,12,13,14)(H2,15,16,17,18). The molecule has 3 N–H and O–H groups in total. The maximum Gasteiger partial charge on any atom is 0.326 e. The van der Waals surface area contributed by atoms with Crippen LogP contribution in [0.5, 0.6) is 0 Å². The fraction of sp³-hybridized carbons (Fsp3) is 0. The van der Waals surface area contributed by atoms with E-state index in [0.29, 0.717) is 11.2 Å². The largest absolute Gasteiger partial charge is 0.330 e. The third-order valence-electron chi connectivity index (χ3n) is 2.19. The van der Waals surface area contributed by atoms with Gasteiger partial charge in [-0.15, -0.1) is 0 Å². The van der Waals surface area contributed by atoms with Gasteiger partial charge < -0.3 is 4.98 Å². The van der Waals surface area contributed by atoms with Gasteiger partial charge in [0.15, 0.2) is 10.8 Å². The number of fused-ring (bicyclic) bond motifs is 1. The highest BCUT2D eigenvalue weighted by atomic mass is 32.2. The van der Waals surface area contributed by atoms with Crippen molar-refractivity contribution in [3.63, 3.8) is 0 Å². The fourth-order valence-electron chi connectivity index (χ4n) is 1.41. The Balaban J connectivity index is 2.06. The Labute approximate surface area is 107 Å². The third kappa shape index (κ3) is 2.12. The van der Waals surface area contributed by atoms with Gasteiger partial charge >= 0.3 is 5.69 Å². The Morgan fingerprint density at radius 1 is 1.21 bits per heavy atom. The van der Waals surface area contributed by atoms with Crippen LogP contribution in [-0.2, 0) is 0 Å². The van der Waals surface area contributed by atoms with Crippen molar-refractivity contribution < 1.29 is 4.39 Å². The van der Waals surface area contributed by atoms with Gasteiger partial charge in [-0.1, -0.05) is 0 Å². The van der Waals surface area contributed by atoms with E-state index >= 15 is 0 Å². The highest BCUT2D eigenvalue weighted by Crippen LogP contribution is 2.24. The first-order valence-corrected chi connectivity index (χ1v) is 5.81. The smallest absolute Gasteiger partial charge is 0.326 e. The fourth-order valence-corrected chi connectivity index (χ4v) is 2.22. The Bertz CT molecular complexity index is 836. The molecule has 0 saturated carbocycles. The van der Waals surface area contributed by atoms with Crippen molar-refractivity contribution in [3.05, 3.63) is 39.2 Å². The summed E-state index contributed by atoms with van der Waals surface area (Å²) in [5.74, 6) is -1.07. The molecule has 3 heterocycles. The number of imidazole rings is 1. The van der Waals surface area contributed by atoms with Crippen molar-refractivity contribution in [1.82, 2.24) is 29.9 Å². The maximum atomic E-state index is 13.5. The lowest BCUT2D eigenvalue weighted by Gasteiger charge is -1.97. The van der Waals surface area contributed by atoms with Crippen molar-refractivity contribution in [1.29, 1.82) is 0 Å². The van der Waals surface area contributed by atoms with E-state index in [0.717, 1.165) is 11.8 Å². The summed E-state index contributed by atoms with van der Waals surface area (Å²) in [7, 11) is 0. The molecule has 0 radical (unpaired) electrons. The summed E-state index contributed by atoms with van der Waals surface area (Å²) in [5.41, 5.74) is -0.894. The second kappa shape index (κ2) is 4.31. The Kier molecular flexibility index (Phi) is 2.63. The monoisotopic (exact) mass is 280 g/mol. The van der Waals surface area contributed by atoms with E-state index in [9.17, 15) is 14.0 Å². The molecule has 3 rings (SSSR count). The van der Waals surface area contributed by atoms with Gasteiger partial charge in [-0.2, -0.15) is 4.39 Å². The minimum atomic E-state index is -1.08. The Hall–Kier alpha value is -2.49. The molecule has 0 atom stereocenters. The summed E-state index contributed by atoms with van der Waals surface area (Å²) in [4.78, 5) is 40.8. The van der Waals surface area contributed by atoms with E-state index < -0.39 is 17.1 Å². The molecule has 3 aromatic heterocycles. The number of halogens is 1. The van der Waals surface area contributed by atoms with Gasteiger partial charge in [-0.25, -0.2) is 19.7 Å². The average molecular weight is 280 g/mol. The van der Waals surface area contributed by atoms with Crippen LogP contribution in [0.25, 0.3) is 11.2 Å². The minimum Gasteiger partial charge on any atom is -0.330 e. The van der Waals surface area contributed by atoms with Crippen LogP contribution in [0.15, 0.2) is 32.3 Å². The van der Waals surface area contributed by atoms with Crippen LogP contribution in [-0.4, -0.2) is 29.9 Å². The molecule has 0 fully saturated rings. The number of rotatable bonds is 2. The van der Waals surface area contributed by atoms with Gasteiger partial charge in [0.1, 0.15) is 16.9 Å². The van der Waals surface area contributed by atoms with Crippen LogP contribution in [0.2, 0.25) is 0 Å². The van der Waals surface area contributed by atoms with Gasteiger partial charge in [0, 0.05) is 0 Å². The molecule has 96 valence electrons. The van der Waals surface area contributed by atoms with Gasteiger partial charge in [-0.3, -0.25) is 14.8 Å². The molecule has 3 aromatic rings. The molecule has 0 aliphatic heterocycles. The molecule has 10 heteroatoms. The first-order chi connectivity index (χ1) is 9.13. The highest BCUT2D eigenvalue weighted by molar-refractivity contribution is 7.99. The second-order valence-corrected chi connectivity index (χ2v) is 4.45. The molecule has 0 unspecified atom stereocenters. The SMILES string of the molecule is O=c1[nH]c(Sc2nc3ncncc3[nH]2)c(F)c(=O)[nH]1. The lowest BCUT2D eigenvalue weighted by atomic mass is 10.6. The van der Waals surface area contributed by atoms with Crippen LogP contribution < -0.4 is 11.2 Å². The molecule has 0 aliphatic carbocycles. The first kappa shape index (κ1) is 11.6. The number of aromatic nitrogens is 6. The number of hydrogen-bond acceptors (Lipinski definition) is 6. The van der Waals surface area contributed by atoms with Crippen molar-refractivity contribution in [3.8, 4) is 0 Å². The van der Waals surface area contributed by atoms with Crippen molar-refractivity contribution in [2.75, 3.05) is 0 Å². The topological polar surface area (TPSA) is 120 Å². The van der Waals surface area contributed by atoms with Crippen LogP contribution in [0, 0.1) is 5.82 Å². The second-order valence-electron chi connectivity index (χ2n) is 3.46. The predicted octanol–water partition coefficient (Wildman–Crippen LogP) is 0.0198. The van der Waals surface area contributed by atoms with E-state index in [1.54, 1.807) is 4.98 Å². The van der Waals surface area contributed by atoms with Gasteiger partial charge in [0.25, 0.3) is 5.56 Å². The number of H-pyrrole nitrogens is 3. The lowest BCUT2D eigenvalue weighted by molar-refractivity contribution is 0.560. The van der Waals surface area contributed by atoms with Crippen LogP contribution >= 0.6 is 11.8 Å². The summed E-state index contributed by atoms with van der Waals surface area (Å²) in [6.45, 7) is 0. The molecule has 19 heavy (non-hydrogen) atoms. The molecular weight excluding hydrogens is 275 g/mol. The summed E-state index contributed by atoms with van der Waals surface area (Å²) in [6.07, 6.45) is 2.84. The predicted molar refractivity (Wildman–Crippen MR) is 63.4 cm³/mol. The van der Waals surface area contributed by atoms with E-state index in [2.05, 4.69) is 24.9 Å². The van der Waals surface area contributed by atoms with Gasteiger partial charge in [-0.05, 0) is 11.8 Å². The van der Waals surface area contributed by atoms with Gasteiger partial charge in [0.2, 0.25) is 5.82 Å². The third-order valence-corrected chi connectivity index (χ3v) is 3.06. The average Bonchev–Trinajstić information content (AvgIpc) is 2.77. The molecule has 0 amide bonds. The van der Waals surface area contributed by atoms with Gasteiger partial charge in [0.05, 0.1) is 6.20 Å². The molecule has 0 aromatic carbocycles. The molecule has 0 aliphatic rings. The zero-order valence-corrected chi connectivity index (χ0v) is 9.92. The zero-order chi connectivity index (χ0) is 13.4. The first-order valence-electron chi connectivity index (χ1n) is 4.99. The summed E-state index contributed by atoms with van der Waals surface area (Å²) in [6, 6.07) is 0. The molecule has 0 bridgehead atoms. The lowest BCUT2D eigenvalue weighted by Crippen LogP contribution is -2.25. The molecule has 0 saturated heterocycles. The summed E-state index contributed by atoms with van der Waals surface area (Å²) in [5, 5.41) is 0.0661. The van der Waals surface area contributed by atoms with Crippen LogP contribution in [0.4, 0.5) is 4.39 Å². The summed E-state index contributed by atoms with van der Waals surface area (Å²) >= 11 is 0.783. The van der Waals surface area contributed by atoms with E-state index in [4.69, 9.17) is 0 Å². The van der Waals surface area contributed by atoms with Crippen molar-refractivity contribution in [2.24, 2.45) is 0 Å². The number of nitrogens with one attached hydrogen (secondary N) is 3. The van der Waals surface area contributed by atoms with Crippen LogP contribution in [0.1, 0.15) is 0 Å². The van der Waals surface area contributed by atoms with Crippen molar-refractivity contribution >= 4 is 22.9 Å². The quantitative estimate of drug-likeness (QED) is 0.569. The number of aromatic amines is 3. The zero-order valence-electron chi connectivity index (χ0n) is 9.10. The minimum absolute atomic E-state index is 0.222. The maximum absolute atomic E-state index is 13.5. The Morgan fingerprint density at radius 3 is 2.84 bits per heavy atom. The number of nitrogens with zero attached hydrogens (tertiary/aromatic N) is 3.